The molecule has 0 saturated carbocycles. The van der Waals surface area contributed by atoms with Gasteiger partial charge in [0.2, 0.25) is 0 Å². The Labute approximate surface area is 123 Å². The second kappa shape index (κ2) is 5.74. The summed E-state index contributed by atoms with van der Waals surface area (Å²) in [5.41, 5.74) is -2.66. The summed E-state index contributed by atoms with van der Waals surface area (Å²) in [6.45, 7) is 7.76. The van der Waals surface area contributed by atoms with Crippen molar-refractivity contribution in [1.29, 1.82) is 0 Å². The molecule has 1 rings (SSSR count). The summed E-state index contributed by atoms with van der Waals surface area (Å²) in [7, 11) is -4.08. The number of esters is 1. The molecule has 3 N–H and O–H groups in total. The number of carbonyl (C=O) groups excluding carboxylic acids is 1. The Bertz CT molecular complexity index is 613. The third-order valence-electron chi connectivity index (χ3n) is 3.29. The molecule has 0 radical (unpaired) electrons. The highest BCUT2D eigenvalue weighted by Gasteiger charge is 2.40. The largest absolute Gasteiger partial charge is 0.462 e. The van der Waals surface area contributed by atoms with Crippen molar-refractivity contribution in [1.82, 2.24) is 14.9 Å². The number of rotatable bonds is 6. The van der Waals surface area contributed by atoms with Gasteiger partial charge in [-0.15, -0.1) is 0 Å². The number of hydrogen-bond donors (Lipinski definition) is 3. The Morgan fingerprint density at radius 2 is 2.00 bits per heavy atom. The summed E-state index contributed by atoms with van der Waals surface area (Å²) >= 11 is 0. The molecule has 0 aliphatic heterocycles. The van der Waals surface area contributed by atoms with Crippen molar-refractivity contribution in [3.63, 3.8) is 0 Å². The van der Waals surface area contributed by atoms with Crippen LogP contribution in [0.1, 0.15) is 45.0 Å². The van der Waals surface area contributed by atoms with E-state index in [1.165, 1.54) is 27.7 Å². The molecule has 120 valence electrons. The van der Waals surface area contributed by atoms with Gasteiger partial charge in [0.15, 0.2) is 5.03 Å². The summed E-state index contributed by atoms with van der Waals surface area (Å²) in [6.07, 6.45) is 1.09. The number of nitrogens with one attached hydrogen (secondary N) is 2. The van der Waals surface area contributed by atoms with E-state index in [1.54, 1.807) is 6.92 Å². The molecule has 0 spiro atoms. The fourth-order valence-electron chi connectivity index (χ4n) is 1.35. The molecule has 0 atom stereocenters. The summed E-state index contributed by atoms with van der Waals surface area (Å²) in [6, 6.07) is 0. The number of aromatic amines is 1. The molecule has 0 bridgehead atoms. The molecule has 0 fully saturated rings. The first kappa shape index (κ1) is 17.6. The third-order valence-corrected chi connectivity index (χ3v) is 4.92. The summed E-state index contributed by atoms with van der Waals surface area (Å²) < 4.78 is 31.9. The first-order chi connectivity index (χ1) is 9.42. The highest BCUT2D eigenvalue weighted by molar-refractivity contribution is 7.89. The highest BCUT2D eigenvalue weighted by Crippen LogP contribution is 2.24. The minimum absolute atomic E-state index is 0.117. The molecule has 0 amide bonds. The van der Waals surface area contributed by atoms with Crippen molar-refractivity contribution < 1.29 is 23.1 Å². The first-order valence-electron chi connectivity index (χ1n) is 6.39. The van der Waals surface area contributed by atoms with Crippen LogP contribution in [-0.2, 0) is 14.8 Å². The molecular weight excluding hydrogens is 298 g/mol. The van der Waals surface area contributed by atoms with Gasteiger partial charge in [0, 0.05) is 0 Å². The molecule has 1 aromatic heterocycles. The van der Waals surface area contributed by atoms with Crippen LogP contribution < -0.4 is 4.72 Å². The van der Waals surface area contributed by atoms with Gasteiger partial charge in [0.05, 0.1) is 23.9 Å². The lowest BCUT2D eigenvalue weighted by Crippen LogP contribution is -2.57. The molecule has 8 nitrogen and oxygen atoms in total. The zero-order chi connectivity index (χ0) is 16.5. The van der Waals surface area contributed by atoms with Crippen LogP contribution in [0.4, 0.5) is 0 Å². The van der Waals surface area contributed by atoms with Crippen LogP contribution in [0.2, 0.25) is 0 Å². The minimum atomic E-state index is -4.08. The van der Waals surface area contributed by atoms with Gasteiger partial charge in [-0.25, -0.2) is 17.9 Å². The van der Waals surface area contributed by atoms with Gasteiger partial charge in [0.25, 0.3) is 10.0 Å². The van der Waals surface area contributed by atoms with E-state index < -0.39 is 32.2 Å². The van der Waals surface area contributed by atoms with Crippen molar-refractivity contribution in [3.05, 3.63) is 11.8 Å². The van der Waals surface area contributed by atoms with Gasteiger partial charge < -0.3 is 9.84 Å². The Hall–Kier alpha value is -1.45. The molecule has 1 aromatic rings. The van der Waals surface area contributed by atoms with E-state index in [4.69, 9.17) is 4.74 Å². The van der Waals surface area contributed by atoms with Crippen molar-refractivity contribution in [2.45, 2.75) is 50.8 Å². The Morgan fingerprint density at radius 1 is 1.43 bits per heavy atom. The number of aromatic nitrogens is 2. The lowest BCUT2D eigenvalue weighted by molar-refractivity contribution is 0.00635. The second-order valence-electron chi connectivity index (χ2n) is 5.62. The number of hydrogen-bond acceptors (Lipinski definition) is 6. The molecule has 21 heavy (non-hydrogen) atoms. The second-order valence-corrected chi connectivity index (χ2v) is 7.24. The van der Waals surface area contributed by atoms with Gasteiger partial charge in [-0.1, -0.05) is 0 Å². The number of ether oxygens (including phenoxy) is 1. The van der Waals surface area contributed by atoms with E-state index >= 15 is 0 Å². The van der Waals surface area contributed by atoms with Crippen LogP contribution in [-0.4, -0.2) is 47.4 Å². The van der Waals surface area contributed by atoms with Gasteiger partial charge in [0.1, 0.15) is 5.56 Å². The number of H-pyrrole nitrogens is 1. The first-order valence-corrected chi connectivity index (χ1v) is 7.87. The molecule has 0 aliphatic rings. The van der Waals surface area contributed by atoms with Crippen LogP contribution in [0, 0.1) is 0 Å². The van der Waals surface area contributed by atoms with Crippen molar-refractivity contribution in [2.75, 3.05) is 6.61 Å². The van der Waals surface area contributed by atoms with Gasteiger partial charge >= 0.3 is 5.97 Å². The van der Waals surface area contributed by atoms with Crippen LogP contribution in [0.25, 0.3) is 0 Å². The molecule has 1 heterocycles. The maximum Gasteiger partial charge on any atom is 0.342 e. The van der Waals surface area contributed by atoms with Crippen molar-refractivity contribution in [3.8, 4) is 0 Å². The smallest absolute Gasteiger partial charge is 0.342 e. The van der Waals surface area contributed by atoms with E-state index in [0.717, 1.165) is 6.20 Å². The number of carbonyl (C=O) groups is 1. The molecule has 0 aromatic carbocycles. The maximum atomic E-state index is 12.4. The lowest BCUT2D eigenvalue weighted by Gasteiger charge is -2.37. The normalized spacial score (nSPS) is 13.2. The fourth-order valence-corrected chi connectivity index (χ4v) is 2.97. The molecule has 0 saturated heterocycles. The molecule has 0 aliphatic carbocycles. The van der Waals surface area contributed by atoms with Gasteiger partial charge in [-0.2, -0.15) is 5.10 Å². The van der Waals surface area contributed by atoms with Crippen LogP contribution in [0.3, 0.4) is 0 Å². The van der Waals surface area contributed by atoms with E-state index in [0.29, 0.717) is 0 Å². The topological polar surface area (TPSA) is 121 Å². The van der Waals surface area contributed by atoms with E-state index in [-0.39, 0.29) is 12.2 Å². The zero-order valence-electron chi connectivity index (χ0n) is 12.7. The average molecular weight is 319 g/mol. The number of aliphatic hydroxyl groups is 1. The summed E-state index contributed by atoms with van der Waals surface area (Å²) in [5, 5.41) is 15.5. The quantitative estimate of drug-likeness (QED) is 0.653. The number of nitrogens with zero attached hydrogens (tertiary/aromatic N) is 1. The summed E-state index contributed by atoms with van der Waals surface area (Å²) in [5.74, 6) is -0.785. The monoisotopic (exact) mass is 319 g/mol. The standard InChI is InChI=1S/C12H21N3O5S/c1-6-20-10(16)8-7-13-14-9(8)21(18,19)15-11(2,3)12(4,5)17/h7,15,17H,6H2,1-5H3,(H,13,14). The fraction of sp³-hybridized carbons (Fsp3) is 0.667. The van der Waals surface area contributed by atoms with Crippen LogP contribution in [0.15, 0.2) is 11.2 Å². The molecule has 9 heteroatoms. The maximum absolute atomic E-state index is 12.4. The predicted octanol–water partition coefficient (Wildman–Crippen LogP) is 0.414. The van der Waals surface area contributed by atoms with Crippen molar-refractivity contribution >= 4 is 16.0 Å². The molecule has 0 unspecified atom stereocenters. The Morgan fingerprint density at radius 3 is 2.48 bits per heavy atom. The minimum Gasteiger partial charge on any atom is -0.462 e. The Balaban J connectivity index is 3.17. The lowest BCUT2D eigenvalue weighted by atomic mass is 9.87. The SMILES string of the molecule is CCOC(=O)c1cn[nH]c1S(=O)(=O)NC(C)(C)C(C)(C)O. The third kappa shape index (κ3) is 3.80. The van der Waals surface area contributed by atoms with E-state index in [9.17, 15) is 18.3 Å². The van der Waals surface area contributed by atoms with Crippen LogP contribution >= 0.6 is 0 Å². The zero-order valence-corrected chi connectivity index (χ0v) is 13.5. The number of sulfonamides is 1. The van der Waals surface area contributed by atoms with Crippen molar-refractivity contribution in [2.24, 2.45) is 0 Å². The van der Waals surface area contributed by atoms with E-state index in [1.807, 2.05) is 0 Å². The predicted molar refractivity (Wildman–Crippen MR) is 75.2 cm³/mol. The van der Waals surface area contributed by atoms with Gasteiger partial charge in [-0.05, 0) is 34.6 Å². The van der Waals surface area contributed by atoms with E-state index in [2.05, 4.69) is 14.9 Å². The average Bonchev–Trinajstić information content (AvgIpc) is 2.75. The Kier molecular flexibility index (Phi) is 4.81. The molecular formula is C12H21N3O5S. The van der Waals surface area contributed by atoms with Gasteiger partial charge in [-0.3, -0.25) is 5.10 Å². The van der Waals surface area contributed by atoms with Crippen LogP contribution in [0.5, 0.6) is 0 Å². The highest BCUT2D eigenvalue weighted by atomic mass is 32.2. The summed E-state index contributed by atoms with van der Waals surface area (Å²) in [4.78, 5) is 11.7.